The van der Waals surface area contributed by atoms with Crippen LogP contribution in [0.25, 0.3) is 22.5 Å². The van der Waals surface area contributed by atoms with Crippen molar-refractivity contribution in [3.05, 3.63) is 76.0 Å². The van der Waals surface area contributed by atoms with Gasteiger partial charge in [-0.05, 0) is 91.7 Å². The number of aliphatic carboxylic acids is 1. The molecular formula is C47H63N11O13S. The highest BCUT2D eigenvalue weighted by atomic mass is 32.2. The number of phenols is 2. The summed E-state index contributed by atoms with van der Waals surface area (Å²) in [6, 6.07) is 3.77. The Morgan fingerprint density at radius 2 is 1.67 bits per heavy atom. The topological polar surface area (TPSA) is 400 Å². The minimum atomic E-state index is -4.56. The van der Waals surface area contributed by atoms with E-state index in [2.05, 4.69) is 25.9 Å². The quantitative estimate of drug-likeness (QED) is 0.0613. The average Bonchev–Trinajstić information content (AvgIpc) is 3.28. The monoisotopic (exact) mass is 1020 g/mol. The van der Waals surface area contributed by atoms with Gasteiger partial charge >= 0.3 is 5.97 Å². The first-order valence-corrected chi connectivity index (χ1v) is 24.2. The van der Waals surface area contributed by atoms with E-state index in [1.54, 1.807) is 19.1 Å². The zero-order valence-electron chi connectivity index (χ0n) is 40.9. The summed E-state index contributed by atoms with van der Waals surface area (Å²) >= 11 is 0. The standard InChI is InChI=1S/C47H63N11O13S/c1-22-13-27(47(4,5)6)18-33(60)36(22)41-53-23(2)37(40(50)57-41)43(63)56-32(20-52-72(51,68)69)45(65)58(7)38-26-16-30(39(61)35(17-26)71-21-28(59)19-49)29-14-25(9-10-34(29)70-12-8-11-48)15-31(46(66)67)55-42(62)24(3)54-44(38)64/h9-10,13-14,16-18,24,28,31-32,38,52,59-61H,8,11-12,15,19-21,48-49H2,1-7H3,(H,54,64)(H,55,62)(H,56,63)(H,66,67)(H2,50,53,57)(H2,51,68,69)/t24-,28+,31-,32-,38-/m0/s1. The lowest BCUT2D eigenvalue weighted by molar-refractivity contribution is -0.143. The number of likely N-dealkylation sites (N-methyl/N-ethyl adjacent to an activating group) is 1. The van der Waals surface area contributed by atoms with E-state index in [0.717, 1.165) is 17.5 Å². The molecule has 5 rings (SSSR count). The number of ether oxygens (including phenoxy) is 2. The SMILES string of the molecule is Cc1cc(C(C)(C)C)cc(O)c1-c1nc(C)c(C(=O)N[C@@H](CNS(N)(=O)=O)C(=O)N(C)[C@@H]2C(=O)N[C@@H](C)C(=O)N[C@H](C(=O)O)Cc3ccc(OCCCN)c(c3)-c3cc2cc(OC[C@H](O)CN)c3O)c(N)n1. The molecular weight excluding hydrogens is 959 g/mol. The number of carboxylic acids is 1. The molecule has 1 aliphatic heterocycles. The van der Waals surface area contributed by atoms with Gasteiger partial charge in [-0.25, -0.2) is 19.9 Å². The largest absolute Gasteiger partial charge is 0.507 e. The predicted octanol–water partition coefficient (Wildman–Crippen LogP) is -0.134. The third-order valence-corrected chi connectivity index (χ3v) is 12.3. The highest BCUT2D eigenvalue weighted by Crippen LogP contribution is 2.45. The Bertz CT molecular complexity index is 2790. The third kappa shape index (κ3) is 13.4. The number of fused-ring (bicyclic) bond motifs is 5. The maximum atomic E-state index is 14.9. The second-order valence-corrected chi connectivity index (χ2v) is 19.8. The summed E-state index contributed by atoms with van der Waals surface area (Å²) in [4.78, 5) is 79.5. The first kappa shape index (κ1) is 55.8. The van der Waals surface area contributed by atoms with Crippen LogP contribution in [0.3, 0.4) is 0 Å². The molecule has 2 heterocycles. The van der Waals surface area contributed by atoms with Crippen molar-refractivity contribution < 1.29 is 62.3 Å². The number of hydrogen-bond acceptors (Lipinski definition) is 17. The molecule has 5 atom stereocenters. The number of aromatic hydroxyl groups is 2. The van der Waals surface area contributed by atoms with Gasteiger partial charge in [0.25, 0.3) is 16.1 Å². The average molecular weight is 1020 g/mol. The zero-order chi connectivity index (χ0) is 53.6. The van der Waals surface area contributed by atoms with Gasteiger partial charge in [0.15, 0.2) is 17.3 Å². The van der Waals surface area contributed by atoms with E-state index in [4.69, 9.17) is 31.8 Å². The van der Waals surface area contributed by atoms with E-state index < -0.39 is 89.0 Å². The molecule has 4 bridgehead atoms. The molecule has 0 radical (unpaired) electrons. The number of carbonyl (C=O) groups is 5. The Labute approximate surface area is 416 Å². The van der Waals surface area contributed by atoms with Gasteiger partial charge in [0.2, 0.25) is 17.7 Å². The summed E-state index contributed by atoms with van der Waals surface area (Å²) < 4.78 is 38.5. The Morgan fingerprint density at radius 1 is 0.972 bits per heavy atom. The molecule has 24 nitrogen and oxygen atoms in total. The van der Waals surface area contributed by atoms with Gasteiger partial charge < -0.3 is 68.0 Å². The van der Waals surface area contributed by atoms with Crippen LogP contribution in [0.4, 0.5) is 5.82 Å². The molecule has 390 valence electrons. The summed E-state index contributed by atoms with van der Waals surface area (Å²) in [5.74, 6) is -6.88. The van der Waals surface area contributed by atoms with Crippen LogP contribution >= 0.6 is 0 Å². The van der Waals surface area contributed by atoms with E-state index in [-0.39, 0.29) is 93.9 Å². The number of nitrogens with one attached hydrogen (secondary N) is 4. The van der Waals surface area contributed by atoms with Crippen molar-refractivity contribution in [2.75, 3.05) is 45.6 Å². The van der Waals surface area contributed by atoms with Crippen molar-refractivity contribution in [2.24, 2.45) is 16.6 Å². The molecule has 1 aromatic heterocycles. The van der Waals surface area contributed by atoms with Crippen molar-refractivity contribution in [2.45, 2.75) is 90.1 Å². The number of carboxylic acid groups (broad SMARTS) is 1. The van der Waals surface area contributed by atoms with E-state index in [9.17, 15) is 52.8 Å². The van der Waals surface area contributed by atoms with E-state index >= 15 is 0 Å². The lowest BCUT2D eigenvalue weighted by Gasteiger charge is -2.33. The summed E-state index contributed by atoms with van der Waals surface area (Å²) in [6.07, 6.45) is -1.10. The number of hydrogen-bond donors (Lipinski definition) is 12. The van der Waals surface area contributed by atoms with Crippen molar-refractivity contribution in [1.82, 2.24) is 35.5 Å². The summed E-state index contributed by atoms with van der Waals surface area (Å²) in [5.41, 5.74) is 19.1. The zero-order valence-corrected chi connectivity index (χ0v) is 41.7. The van der Waals surface area contributed by atoms with Crippen LogP contribution in [0.5, 0.6) is 23.0 Å². The Hall–Kier alpha value is -7.16. The van der Waals surface area contributed by atoms with Crippen LogP contribution in [-0.2, 0) is 41.2 Å². The molecule has 0 saturated heterocycles. The fraction of sp³-hybridized carbons (Fsp3) is 0.426. The Kier molecular flexibility index (Phi) is 17.8. The molecule has 0 saturated carbocycles. The number of aryl methyl sites for hydroxylation is 2. The maximum absolute atomic E-state index is 14.9. The van der Waals surface area contributed by atoms with E-state index in [1.807, 2.05) is 31.6 Å². The van der Waals surface area contributed by atoms with Gasteiger partial charge in [-0.1, -0.05) is 32.9 Å². The van der Waals surface area contributed by atoms with Crippen LogP contribution in [0.2, 0.25) is 0 Å². The molecule has 1 aliphatic rings. The molecule has 16 N–H and O–H groups in total. The van der Waals surface area contributed by atoms with Gasteiger partial charge in [-0.2, -0.15) is 13.1 Å². The molecule has 0 spiro atoms. The highest BCUT2D eigenvalue weighted by Gasteiger charge is 2.38. The van der Waals surface area contributed by atoms with E-state index in [1.165, 1.54) is 38.1 Å². The number of amides is 4. The molecule has 4 aromatic rings. The normalized spacial score (nSPS) is 17.1. The fourth-order valence-electron chi connectivity index (χ4n) is 7.79. The number of anilines is 1. The first-order valence-electron chi connectivity index (χ1n) is 22.7. The highest BCUT2D eigenvalue weighted by molar-refractivity contribution is 7.87. The number of phenolic OH excluding ortho intramolecular Hbond substituents is 2. The lowest BCUT2D eigenvalue weighted by Crippen LogP contribution is -2.57. The number of aliphatic hydroxyl groups excluding tert-OH is 1. The van der Waals surface area contributed by atoms with E-state index in [0.29, 0.717) is 17.5 Å². The van der Waals surface area contributed by atoms with Crippen LogP contribution in [0.1, 0.15) is 78.5 Å². The summed E-state index contributed by atoms with van der Waals surface area (Å²) in [5, 5.41) is 56.2. The molecule has 72 heavy (non-hydrogen) atoms. The van der Waals surface area contributed by atoms with Crippen LogP contribution in [0.15, 0.2) is 42.5 Å². The molecule has 3 aromatic carbocycles. The third-order valence-electron chi connectivity index (χ3n) is 11.7. The van der Waals surface area contributed by atoms with Crippen molar-refractivity contribution in [3.63, 3.8) is 0 Å². The number of carbonyl (C=O) groups excluding carboxylic acids is 4. The lowest BCUT2D eigenvalue weighted by atomic mass is 9.85. The second kappa shape index (κ2) is 22.9. The predicted molar refractivity (Wildman–Crippen MR) is 264 cm³/mol. The van der Waals surface area contributed by atoms with Gasteiger partial charge in [-0.3, -0.25) is 19.2 Å². The second-order valence-electron chi connectivity index (χ2n) is 18.4. The minimum absolute atomic E-state index is 0.00479. The van der Waals surface area contributed by atoms with Crippen molar-refractivity contribution in [1.29, 1.82) is 0 Å². The molecule has 0 aliphatic carbocycles. The van der Waals surface area contributed by atoms with Crippen LogP contribution in [0, 0.1) is 13.8 Å². The number of rotatable bonds is 17. The van der Waals surface area contributed by atoms with Gasteiger partial charge in [0.1, 0.15) is 59.8 Å². The van der Waals surface area contributed by atoms with Gasteiger partial charge in [0.05, 0.1) is 17.9 Å². The van der Waals surface area contributed by atoms with Gasteiger partial charge in [-0.15, -0.1) is 0 Å². The fourth-order valence-corrected chi connectivity index (χ4v) is 8.19. The maximum Gasteiger partial charge on any atom is 0.326 e. The minimum Gasteiger partial charge on any atom is -0.507 e. The molecule has 0 fully saturated rings. The Balaban J connectivity index is 1.67. The number of aromatic nitrogens is 2. The van der Waals surface area contributed by atoms with Gasteiger partial charge in [0, 0.05) is 37.7 Å². The first-order chi connectivity index (χ1) is 33.6. The van der Waals surface area contributed by atoms with Crippen molar-refractivity contribution >= 4 is 45.6 Å². The number of nitrogen functional groups attached to an aromatic ring is 1. The number of benzene rings is 3. The molecule has 4 amide bonds. The molecule has 25 heteroatoms. The van der Waals surface area contributed by atoms with Crippen LogP contribution in [-0.4, -0.2) is 137 Å². The number of nitrogens with zero attached hydrogens (tertiary/aromatic N) is 3. The molecule has 0 unspecified atom stereocenters. The smallest absolute Gasteiger partial charge is 0.326 e. The number of nitrogens with two attached hydrogens (primary N) is 4. The summed E-state index contributed by atoms with van der Waals surface area (Å²) in [7, 11) is -3.43. The van der Waals surface area contributed by atoms with Crippen LogP contribution < -0.4 is 52.5 Å². The Morgan fingerprint density at radius 3 is 2.26 bits per heavy atom. The number of aliphatic hydroxyl groups is 1. The summed E-state index contributed by atoms with van der Waals surface area (Å²) in [6.45, 7) is 9.08. The van der Waals surface area contributed by atoms with Crippen molar-refractivity contribution in [3.8, 4) is 45.5 Å².